The molecule has 2 amide bonds. The molecule has 3 N–H and O–H groups in total. The summed E-state index contributed by atoms with van der Waals surface area (Å²) < 4.78 is 34.3. The van der Waals surface area contributed by atoms with Crippen LogP contribution in [-0.4, -0.2) is 85.9 Å². The molecule has 30 heavy (non-hydrogen) atoms. The van der Waals surface area contributed by atoms with Gasteiger partial charge in [-0.15, -0.1) is 0 Å². The molecule has 1 fully saturated rings. The zero-order chi connectivity index (χ0) is 21.9. The van der Waals surface area contributed by atoms with Crippen LogP contribution in [0, 0.1) is 0 Å². The molecule has 1 saturated heterocycles. The van der Waals surface area contributed by atoms with E-state index >= 15 is 0 Å². The molecule has 0 saturated carbocycles. The van der Waals surface area contributed by atoms with Crippen molar-refractivity contribution in [3.05, 3.63) is 35.9 Å². The maximum atomic E-state index is 12.5. The summed E-state index contributed by atoms with van der Waals surface area (Å²) in [4.78, 5) is 38.1. The summed E-state index contributed by atoms with van der Waals surface area (Å²) in [6, 6.07) is 5.84. The molecule has 0 bridgehead atoms. The predicted molar refractivity (Wildman–Crippen MR) is 101 cm³/mol. The molecule has 9 nitrogen and oxygen atoms in total. The Kier molecular flexibility index (Phi) is 9.58. The van der Waals surface area contributed by atoms with Gasteiger partial charge in [0.05, 0.1) is 26.4 Å². The molecule has 2 atom stereocenters. The molecule has 166 valence electrons. The highest BCUT2D eigenvalue weighted by molar-refractivity contribution is 5.91. The smallest absolute Gasteiger partial charge is 0.345 e. The van der Waals surface area contributed by atoms with Gasteiger partial charge in [-0.25, -0.2) is 4.79 Å². The van der Waals surface area contributed by atoms with E-state index in [4.69, 9.17) is 4.74 Å². The number of nitrogens with zero attached hydrogens (tertiary/aromatic N) is 1. The van der Waals surface area contributed by atoms with Gasteiger partial charge in [0.25, 0.3) is 0 Å². The third-order valence-corrected chi connectivity index (χ3v) is 4.41. The Morgan fingerprint density at radius 2 is 1.77 bits per heavy atom. The monoisotopic (exact) mass is 429 g/mol. The van der Waals surface area contributed by atoms with Gasteiger partial charge in [0.1, 0.15) is 12.1 Å². The lowest BCUT2D eigenvalue weighted by Gasteiger charge is -2.27. The number of rotatable bonds is 11. The summed E-state index contributed by atoms with van der Waals surface area (Å²) in [7, 11) is 0. The maximum absolute atomic E-state index is 12.5. The molecular formula is C19H25F2N3O6. The van der Waals surface area contributed by atoms with E-state index in [2.05, 4.69) is 15.4 Å². The fourth-order valence-corrected chi connectivity index (χ4v) is 2.88. The molecule has 11 heteroatoms. The summed E-state index contributed by atoms with van der Waals surface area (Å²) in [5.74, 6) is -2.78. The van der Waals surface area contributed by atoms with Crippen molar-refractivity contribution in [1.82, 2.24) is 15.5 Å². The van der Waals surface area contributed by atoms with Gasteiger partial charge in [-0.2, -0.15) is 8.78 Å². The Hall–Kier alpha value is -2.63. The number of carbonyl (C=O) groups excluding carboxylic acids is 2. The number of hydrogen-bond acceptors (Lipinski definition) is 6. The minimum absolute atomic E-state index is 0.00788. The number of aliphatic carboxylic acids is 1. The molecule has 0 spiro atoms. The minimum atomic E-state index is -3.14. The van der Waals surface area contributed by atoms with Crippen molar-refractivity contribution < 1.29 is 37.7 Å². The lowest BCUT2D eigenvalue weighted by atomic mass is 10.1. The Morgan fingerprint density at radius 1 is 1.10 bits per heavy atom. The fraction of sp³-hybridized carbons (Fsp3) is 0.526. The van der Waals surface area contributed by atoms with Gasteiger partial charge in [0.15, 0.2) is 0 Å². The number of carboxylic acid groups (broad SMARTS) is 1. The topological polar surface area (TPSA) is 117 Å². The van der Waals surface area contributed by atoms with Crippen LogP contribution in [0.4, 0.5) is 8.78 Å². The summed E-state index contributed by atoms with van der Waals surface area (Å²) in [6.07, 6.45) is -0.00788. The summed E-state index contributed by atoms with van der Waals surface area (Å²) in [5.41, 5.74) is 0.668. The van der Waals surface area contributed by atoms with Gasteiger partial charge < -0.3 is 25.2 Å². The summed E-state index contributed by atoms with van der Waals surface area (Å²) in [5, 5.41) is 14.0. The predicted octanol–water partition coefficient (Wildman–Crippen LogP) is -0.145. The molecule has 0 radical (unpaired) electrons. The van der Waals surface area contributed by atoms with Gasteiger partial charge >= 0.3 is 12.6 Å². The van der Waals surface area contributed by atoms with Crippen LogP contribution in [0.3, 0.4) is 0 Å². The van der Waals surface area contributed by atoms with Crippen molar-refractivity contribution in [2.75, 3.05) is 39.5 Å². The van der Waals surface area contributed by atoms with Crippen molar-refractivity contribution in [2.24, 2.45) is 0 Å². The number of carbonyl (C=O) groups is 3. The molecular weight excluding hydrogens is 404 g/mol. The molecule has 1 aromatic carbocycles. The number of alkyl halides is 2. The van der Waals surface area contributed by atoms with Crippen LogP contribution in [0.25, 0.3) is 0 Å². The number of amides is 2. The number of carboxylic acids is 1. The zero-order valence-corrected chi connectivity index (χ0v) is 16.3. The standard InChI is InChI=1S/C19H25F2N3O6/c20-19(21)30-12-15(22-16(25)11-24-6-8-29-9-7-24)17(26)23-14(18(27)28)10-13-4-2-1-3-5-13/h1-5,14-15,19H,6-12H2,(H,22,25)(H,23,26)(H,27,28). The highest BCUT2D eigenvalue weighted by atomic mass is 19.3. The van der Waals surface area contributed by atoms with Crippen LogP contribution in [0.2, 0.25) is 0 Å². The molecule has 1 aromatic rings. The second kappa shape index (κ2) is 12.2. The number of ether oxygens (including phenoxy) is 2. The second-order valence-electron chi connectivity index (χ2n) is 6.69. The Labute approximate surface area is 172 Å². The normalized spacial score (nSPS) is 16.6. The lowest BCUT2D eigenvalue weighted by molar-refractivity contribution is -0.150. The fourth-order valence-electron chi connectivity index (χ4n) is 2.88. The molecule has 2 unspecified atom stereocenters. The molecule has 1 heterocycles. The highest BCUT2D eigenvalue weighted by Crippen LogP contribution is 2.05. The van der Waals surface area contributed by atoms with E-state index in [0.29, 0.717) is 31.9 Å². The first-order chi connectivity index (χ1) is 14.3. The number of nitrogens with one attached hydrogen (secondary N) is 2. The summed E-state index contributed by atoms with van der Waals surface area (Å²) in [6.45, 7) is -2.01. The van der Waals surface area contributed by atoms with Gasteiger partial charge in [-0.05, 0) is 5.56 Å². The quantitative estimate of drug-likeness (QED) is 0.448. The van der Waals surface area contributed by atoms with Crippen LogP contribution in [-0.2, 0) is 30.3 Å². The van der Waals surface area contributed by atoms with Gasteiger partial charge in [-0.1, -0.05) is 30.3 Å². The average molecular weight is 429 g/mol. The lowest BCUT2D eigenvalue weighted by Crippen LogP contribution is -2.55. The first kappa shape index (κ1) is 23.6. The van der Waals surface area contributed by atoms with E-state index in [1.165, 1.54) is 0 Å². The zero-order valence-electron chi connectivity index (χ0n) is 16.3. The van der Waals surface area contributed by atoms with Crippen LogP contribution >= 0.6 is 0 Å². The molecule has 2 rings (SSSR count). The second-order valence-corrected chi connectivity index (χ2v) is 6.69. The summed E-state index contributed by atoms with van der Waals surface area (Å²) >= 11 is 0. The Balaban J connectivity index is 1.99. The molecule has 1 aliphatic rings. The van der Waals surface area contributed by atoms with Crippen LogP contribution in [0.5, 0.6) is 0 Å². The van der Waals surface area contributed by atoms with E-state index in [1.807, 2.05) is 0 Å². The van der Waals surface area contributed by atoms with Crippen molar-refractivity contribution in [3.63, 3.8) is 0 Å². The van der Waals surface area contributed by atoms with E-state index in [1.54, 1.807) is 35.2 Å². The highest BCUT2D eigenvalue weighted by Gasteiger charge is 2.28. The Bertz CT molecular complexity index is 701. The van der Waals surface area contributed by atoms with Gasteiger partial charge in [0.2, 0.25) is 11.8 Å². The SMILES string of the molecule is O=C(CN1CCOCC1)NC(COC(F)F)C(=O)NC(Cc1ccccc1)C(=O)O. The van der Waals surface area contributed by atoms with E-state index < -0.39 is 43.1 Å². The third kappa shape index (κ3) is 8.39. The van der Waals surface area contributed by atoms with Gasteiger partial charge in [0, 0.05) is 19.5 Å². The number of benzene rings is 1. The van der Waals surface area contributed by atoms with Crippen molar-refractivity contribution in [1.29, 1.82) is 0 Å². The van der Waals surface area contributed by atoms with Crippen LogP contribution < -0.4 is 10.6 Å². The van der Waals surface area contributed by atoms with Crippen LogP contribution in [0.1, 0.15) is 5.56 Å². The van der Waals surface area contributed by atoms with Crippen LogP contribution in [0.15, 0.2) is 30.3 Å². The van der Waals surface area contributed by atoms with Crippen molar-refractivity contribution in [2.45, 2.75) is 25.1 Å². The first-order valence-corrected chi connectivity index (χ1v) is 9.41. The minimum Gasteiger partial charge on any atom is -0.480 e. The van der Waals surface area contributed by atoms with E-state index in [-0.39, 0.29) is 13.0 Å². The molecule has 0 aliphatic carbocycles. The van der Waals surface area contributed by atoms with E-state index in [0.717, 1.165) is 0 Å². The number of morpholine rings is 1. The first-order valence-electron chi connectivity index (χ1n) is 9.41. The molecule has 1 aliphatic heterocycles. The largest absolute Gasteiger partial charge is 0.480 e. The molecule has 0 aromatic heterocycles. The maximum Gasteiger partial charge on any atom is 0.345 e. The van der Waals surface area contributed by atoms with Gasteiger partial charge in [-0.3, -0.25) is 14.5 Å². The number of halogens is 2. The third-order valence-electron chi connectivity index (χ3n) is 4.41. The Morgan fingerprint density at radius 3 is 2.37 bits per heavy atom. The number of hydrogen-bond donors (Lipinski definition) is 3. The van der Waals surface area contributed by atoms with Crippen molar-refractivity contribution >= 4 is 17.8 Å². The van der Waals surface area contributed by atoms with E-state index in [9.17, 15) is 28.3 Å². The van der Waals surface area contributed by atoms with Crippen molar-refractivity contribution in [3.8, 4) is 0 Å². The average Bonchev–Trinajstić information content (AvgIpc) is 2.71.